The summed E-state index contributed by atoms with van der Waals surface area (Å²) >= 11 is 7.46. The van der Waals surface area contributed by atoms with Gasteiger partial charge in [-0.1, -0.05) is 11.6 Å². The third-order valence-electron chi connectivity index (χ3n) is 3.07. The number of nitrogens with two attached hydrogens (primary N) is 1. The second kappa shape index (κ2) is 7.02. The lowest BCUT2D eigenvalue weighted by Crippen LogP contribution is -2.51. The zero-order valence-electron chi connectivity index (χ0n) is 11.5. The Morgan fingerprint density at radius 2 is 2.29 bits per heavy atom. The smallest absolute Gasteiger partial charge is 0.322 e. The fourth-order valence-corrected chi connectivity index (χ4v) is 2.68. The van der Waals surface area contributed by atoms with E-state index in [0.29, 0.717) is 17.3 Å². The van der Waals surface area contributed by atoms with Gasteiger partial charge in [-0.3, -0.25) is 4.79 Å². The van der Waals surface area contributed by atoms with Gasteiger partial charge in [-0.05, 0) is 24.5 Å². The van der Waals surface area contributed by atoms with E-state index in [9.17, 15) is 9.59 Å². The van der Waals surface area contributed by atoms with Gasteiger partial charge in [0.25, 0.3) is 0 Å². The molecule has 3 amide bonds. The highest BCUT2D eigenvalue weighted by Gasteiger charge is 2.28. The number of benzene rings is 1. The summed E-state index contributed by atoms with van der Waals surface area (Å²) in [6.45, 7) is 0.840. The highest BCUT2D eigenvalue weighted by Crippen LogP contribution is 2.28. The van der Waals surface area contributed by atoms with Crippen LogP contribution in [0.1, 0.15) is 0 Å². The highest BCUT2D eigenvalue weighted by molar-refractivity contribution is 7.98. The lowest BCUT2D eigenvalue weighted by atomic mass is 10.2. The predicted molar refractivity (Wildman–Crippen MR) is 82.8 cm³/mol. The van der Waals surface area contributed by atoms with E-state index < -0.39 is 12.0 Å². The van der Waals surface area contributed by atoms with Gasteiger partial charge < -0.3 is 20.7 Å². The predicted octanol–water partition coefficient (Wildman–Crippen LogP) is 1.78. The molecule has 1 saturated heterocycles. The number of nitrogens with zero attached hydrogens (tertiary/aromatic N) is 1. The van der Waals surface area contributed by atoms with Crippen molar-refractivity contribution in [3.05, 3.63) is 23.2 Å². The van der Waals surface area contributed by atoms with Crippen molar-refractivity contribution >= 4 is 41.0 Å². The molecule has 1 aliphatic heterocycles. The number of rotatable bonds is 3. The van der Waals surface area contributed by atoms with Crippen LogP contribution in [0, 0.1) is 0 Å². The number of halogens is 1. The number of urea groups is 1. The van der Waals surface area contributed by atoms with Crippen LogP contribution in [0.4, 0.5) is 10.5 Å². The number of thioether (sulfide) groups is 1. The highest BCUT2D eigenvalue weighted by atomic mass is 35.5. The van der Waals surface area contributed by atoms with E-state index in [1.54, 1.807) is 12.1 Å². The number of primary amides is 1. The maximum atomic E-state index is 12.3. The van der Waals surface area contributed by atoms with E-state index in [1.165, 1.54) is 16.7 Å². The topological polar surface area (TPSA) is 84.7 Å². The van der Waals surface area contributed by atoms with Crippen molar-refractivity contribution in [1.82, 2.24) is 4.90 Å². The van der Waals surface area contributed by atoms with Gasteiger partial charge in [-0.15, -0.1) is 11.8 Å². The van der Waals surface area contributed by atoms with Crippen LogP contribution >= 0.6 is 23.4 Å². The van der Waals surface area contributed by atoms with Gasteiger partial charge in [0.2, 0.25) is 5.91 Å². The molecule has 0 unspecified atom stereocenters. The number of anilines is 1. The minimum Gasteiger partial charge on any atom is -0.367 e. The monoisotopic (exact) mass is 329 g/mol. The van der Waals surface area contributed by atoms with Crippen LogP contribution < -0.4 is 11.1 Å². The van der Waals surface area contributed by atoms with Crippen molar-refractivity contribution < 1.29 is 14.3 Å². The SMILES string of the molecule is CSc1ccc(Cl)cc1NC(=O)N1CCO[C@@H](C(N)=O)C1. The van der Waals surface area contributed by atoms with Crippen LogP contribution in [0.2, 0.25) is 5.02 Å². The van der Waals surface area contributed by atoms with Gasteiger partial charge in [0.05, 0.1) is 18.8 Å². The summed E-state index contributed by atoms with van der Waals surface area (Å²) in [5.74, 6) is -0.569. The largest absolute Gasteiger partial charge is 0.367 e. The number of hydrogen-bond acceptors (Lipinski definition) is 4. The molecule has 6 nitrogen and oxygen atoms in total. The fraction of sp³-hybridized carbons (Fsp3) is 0.385. The first kappa shape index (κ1) is 15.9. The summed E-state index contributed by atoms with van der Waals surface area (Å²) in [7, 11) is 0. The maximum absolute atomic E-state index is 12.3. The average Bonchev–Trinajstić information content (AvgIpc) is 2.47. The molecule has 1 aromatic carbocycles. The minimum atomic E-state index is -0.760. The molecule has 1 aromatic rings. The Morgan fingerprint density at radius 1 is 1.52 bits per heavy atom. The molecule has 1 aliphatic rings. The molecule has 0 aromatic heterocycles. The zero-order valence-corrected chi connectivity index (χ0v) is 13.0. The summed E-state index contributed by atoms with van der Waals surface area (Å²) in [5, 5.41) is 3.35. The van der Waals surface area contributed by atoms with Gasteiger partial charge >= 0.3 is 6.03 Å². The molecule has 0 bridgehead atoms. The summed E-state index contributed by atoms with van der Waals surface area (Å²) in [4.78, 5) is 25.8. The lowest BCUT2D eigenvalue weighted by Gasteiger charge is -2.31. The van der Waals surface area contributed by atoms with Crippen LogP contribution in [0.15, 0.2) is 23.1 Å². The average molecular weight is 330 g/mol. The molecular weight excluding hydrogens is 314 g/mol. The zero-order chi connectivity index (χ0) is 15.4. The molecular formula is C13H16ClN3O3S. The molecule has 2 rings (SSSR count). The molecule has 1 fully saturated rings. The first-order chi connectivity index (χ1) is 10.0. The van der Waals surface area contributed by atoms with Crippen LogP contribution in [-0.4, -0.2) is 48.9 Å². The van der Waals surface area contributed by atoms with Crippen LogP contribution in [0.5, 0.6) is 0 Å². The van der Waals surface area contributed by atoms with E-state index in [-0.39, 0.29) is 19.2 Å². The van der Waals surface area contributed by atoms with E-state index in [0.717, 1.165) is 4.90 Å². The number of nitrogens with one attached hydrogen (secondary N) is 1. The number of hydrogen-bond donors (Lipinski definition) is 2. The summed E-state index contributed by atoms with van der Waals surface area (Å²) in [6, 6.07) is 4.99. The first-order valence-electron chi connectivity index (χ1n) is 6.31. The summed E-state index contributed by atoms with van der Waals surface area (Å²) in [6.07, 6.45) is 1.15. The number of ether oxygens (including phenoxy) is 1. The van der Waals surface area contributed by atoms with Crippen LogP contribution in [-0.2, 0) is 9.53 Å². The minimum absolute atomic E-state index is 0.149. The number of carbonyl (C=O) groups is 2. The van der Waals surface area contributed by atoms with Crippen molar-refractivity contribution in [3.8, 4) is 0 Å². The summed E-state index contributed by atoms with van der Waals surface area (Å²) < 4.78 is 5.21. The number of amides is 3. The number of morpholine rings is 1. The van der Waals surface area contributed by atoms with Gasteiger partial charge in [0, 0.05) is 16.5 Å². The normalized spacial score (nSPS) is 18.4. The Hall–Kier alpha value is -1.44. The quantitative estimate of drug-likeness (QED) is 0.828. The van der Waals surface area contributed by atoms with E-state index in [2.05, 4.69) is 5.32 Å². The van der Waals surface area contributed by atoms with E-state index in [1.807, 2.05) is 12.3 Å². The molecule has 114 valence electrons. The van der Waals surface area contributed by atoms with E-state index >= 15 is 0 Å². The molecule has 0 aliphatic carbocycles. The Morgan fingerprint density at radius 3 is 2.95 bits per heavy atom. The number of carbonyl (C=O) groups excluding carboxylic acids is 2. The van der Waals surface area contributed by atoms with Crippen LogP contribution in [0.3, 0.4) is 0 Å². The molecule has 0 radical (unpaired) electrons. The van der Waals surface area contributed by atoms with Gasteiger partial charge in [-0.25, -0.2) is 4.79 Å². The van der Waals surface area contributed by atoms with Crippen molar-refractivity contribution in [2.75, 3.05) is 31.3 Å². The Kier molecular flexibility index (Phi) is 5.33. The first-order valence-corrected chi connectivity index (χ1v) is 7.92. The van der Waals surface area contributed by atoms with Gasteiger partial charge in [0.15, 0.2) is 6.10 Å². The fourth-order valence-electron chi connectivity index (χ4n) is 1.98. The third kappa shape index (κ3) is 4.03. The Bertz CT molecular complexity index is 555. The molecule has 0 spiro atoms. The summed E-state index contributed by atoms with van der Waals surface area (Å²) in [5.41, 5.74) is 5.85. The van der Waals surface area contributed by atoms with E-state index in [4.69, 9.17) is 22.1 Å². The molecule has 21 heavy (non-hydrogen) atoms. The molecule has 1 atom stereocenters. The Balaban J connectivity index is 2.07. The lowest BCUT2D eigenvalue weighted by molar-refractivity contribution is -0.133. The molecule has 3 N–H and O–H groups in total. The van der Waals surface area contributed by atoms with Crippen molar-refractivity contribution in [2.24, 2.45) is 5.73 Å². The second-order valence-corrected chi connectivity index (χ2v) is 5.77. The molecule has 0 saturated carbocycles. The maximum Gasteiger partial charge on any atom is 0.322 e. The van der Waals surface area contributed by atoms with Crippen molar-refractivity contribution in [1.29, 1.82) is 0 Å². The van der Waals surface area contributed by atoms with Crippen molar-refractivity contribution in [3.63, 3.8) is 0 Å². The van der Waals surface area contributed by atoms with Gasteiger partial charge in [0.1, 0.15) is 0 Å². The van der Waals surface area contributed by atoms with Gasteiger partial charge in [-0.2, -0.15) is 0 Å². The molecule has 8 heteroatoms. The third-order valence-corrected chi connectivity index (χ3v) is 4.11. The van der Waals surface area contributed by atoms with Crippen molar-refractivity contribution in [2.45, 2.75) is 11.0 Å². The molecule has 1 heterocycles. The standard InChI is InChI=1S/C13H16ClN3O3S/c1-21-11-3-2-8(14)6-9(11)16-13(19)17-4-5-20-10(7-17)12(15)18/h2-3,6,10H,4-5,7H2,1H3,(H2,15,18)(H,16,19)/t10-/m1/s1. The second-order valence-electron chi connectivity index (χ2n) is 4.48. The van der Waals surface area contributed by atoms with Crippen LogP contribution in [0.25, 0.3) is 0 Å². The Labute approximate surface area is 131 Å².